The van der Waals surface area contributed by atoms with Gasteiger partial charge < -0.3 is 10.2 Å². The summed E-state index contributed by atoms with van der Waals surface area (Å²) in [6.45, 7) is 0. The first kappa shape index (κ1) is 18.0. The number of carbonyl (C=O) groups excluding carboxylic acids is 1. The van der Waals surface area contributed by atoms with E-state index in [2.05, 4.69) is 10.4 Å². The summed E-state index contributed by atoms with van der Waals surface area (Å²) in [5.74, 6) is 0.430. The third-order valence-corrected chi connectivity index (χ3v) is 6.94. The lowest BCUT2D eigenvalue weighted by Gasteiger charge is -2.13. The van der Waals surface area contributed by atoms with Crippen molar-refractivity contribution < 1.29 is 13.2 Å². The van der Waals surface area contributed by atoms with E-state index in [9.17, 15) is 13.2 Å². The van der Waals surface area contributed by atoms with Gasteiger partial charge in [-0.25, -0.2) is 8.42 Å². The van der Waals surface area contributed by atoms with Crippen LogP contribution in [0.15, 0.2) is 30.3 Å². The first-order valence-corrected chi connectivity index (χ1v) is 11.0. The third kappa shape index (κ3) is 3.85. The molecule has 1 aliphatic heterocycles. The molecule has 7 nitrogen and oxygen atoms in total. The Morgan fingerprint density at radius 1 is 1.19 bits per heavy atom. The number of anilines is 2. The van der Waals surface area contributed by atoms with Gasteiger partial charge in [0.25, 0.3) is 5.91 Å². The zero-order valence-corrected chi connectivity index (χ0v) is 16.4. The summed E-state index contributed by atoms with van der Waals surface area (Å²) in [4.78, 5) is 14.7. The third-order valence-electron chi connectivity index (χ3n) is 5.19. The fraction of sp³-hybridized carbons (Fsp3) is 0.474. The number of nitrogens with zero attached hydrogens (tertiary/aromatic N) is 3. The summed E-state index contributed by atoms with van der Waals surface area (Å²) in [6, 6.07) is 9.25. The van der Waals surface area contributed by atoms with Crippen molar-refractivity contribution in [3.05, 3.63) is 41.7 Å². The molecular formula is C19H24N4O3S. The molecule has 4 rings (SSSR count). The summed E-state index contributed by atoms with van der Waals surface area (Å²) in [7, 11) is 0.921. The van der Waals surface area contributed by atoms with Crippen LogP contribution < -0.4 is 10.2 Å². The Hall–Kier alpha value is -2.35. The lowest BCUT2D eigenvalue weighted by atomic mass is 10.2. The summed E-state index contributed by atoms with van der Waals surface area (Å²) in [5.41, 5.74) is 3.09. The first-order chi connectivity index (χ1) is 12.8. The number of rotatable bonds is 5. The average Bonchev–Trinajstić information content (AvgIpc) is 3.26. The van der Waals surface area contributed by atoms with Crippen LogP contribution in [0.3, 0.4) is 0 Å². The van der Waals surface area contributed by atoms with Crippen molar-refractivity contribution in [1.29, 1.82) is 0 Å². The topological polar surface area (TPSA) is 84.3 Å². The molecule has 1 saturated carbocycles. The van der Waals surface area contributed by atoms with Gasteiger partial charge in [0.15, 0.2) is 15.5 Å². The standard InChI is InChI=1S/C19H24N4O3S/c1-22(2)15-7-5-14(6-8-15)20-19(24)17-11-18(13-3-4-13)23(21-17)16-9-10-27(25,26)12-16/h5-8,11,13,16H,3-4,9-10,12H2,1-2H3,(H,20,24). The van der Waals surface area contributed by atoms with E-state index in [1.165, 1.54) is 0 Å². The van der Waals surface area contributed by atoms with Crippen LogP contribution in [0, 0.1) is 0 Å². The Morgan fingerprint density at radius 3 is 2.44 bits per heavy atom. The number of amides is 1. The van der Waals surface area contributed by atoms with Crippen LogP contribution in [0.4, 0.5) is 11.4 Å². The Balaban J connectivity index is 1.54. The molecule has 1 N–H and O–H groups in total. The van der Waals surface area contributed by atoms with E-state index in [1.807, 2.05) is 49.3 Å². The van der Waals surface area contributed by atoms with Gasteiger partial charge in [-0.05, 0) is 49.6 Å². The van der Waals surface area contributed by atoms with E-state index in [0.29, 0.717) is 23.7 Å². The zero-order valence-electron chi connectivity index (χ0n) is 15.6. The number of aromatic nitrogens is 2. The van der Waals surface area contributed by atoms with Crippen molar-refractivity contribution >= 4 is 27.1 Å². The van der Waals surface area contributed by atoms with Crippen LogP contribution in [0.25, 0.3) is 0 Å². The molecule has 2 aromatic rings. The molecule has 8 heteroatoms. The second kappa shape index (κ2) is 6.67. The van der Waals surface area contributed by atoms with Crippen molar-refractivity contribution in [3.8, 4) is 0 Å². The van der Waals surface area contributed by atoms with Gasteiger partial charge in [0.05, 0.1) is 17.5 Å². The van der Waals surface area contributed by atoms with Gasteiger partial charge in [0.1, 0.15) is 0 Å². The van der Waals surface area contributed by atoms with Crippen molar-refractivity contribution in [2.45, 2.75) is 31.2 Å². The highest BCUT2D eigenvalue weighted by molar-refractivity contribution is 7.91. The predicted molar refractivity (Wildman–Crippen MR) is 105 cm³/mol. The van der Waals surface area contributed by atoms with E-state index in [0.717, 1.165) is 24.2 Å². The molecule has 2 aliphatic rings. The maximum atomic E-state index is 12.7. The van der Waals surface area contributed by atoms with Crippen LogP contribution in [0.1, 0.15) is 47.4 Å². The number of sulfone groups is 1. The molecule has 2 heterocycles. The lowest BCUT2D eigenvalue weighted by Crippen LogP contribution is -2.17. The smallest absolute Gasteiger partial charge is 0.276 e. The monoisotopic (exact) mass is 388 g/mol. The van der Waals surface area contributed by atoms with Crippen LogP contribution in [-0.4, -0.2) is 49.7 Å². The van der Waals surface area contributed by atoms with E-state index >= 15 is 0 Å². The largest absolute Gasteiger partial charge is 0.378 e. The molecule has 144 valence electrons. The van der Waals surface area contributed by atoms with Gasteiger partial charge in [0, 0.05) is 37.1 Å². The predicted octanol–water partition coefficient (Wildman–Crippen LogP) is 2.44. The number of carbonyl (C=O) groups is 1. The maximum Gasteiger partial charge on any atom is 0.276 e. The number of benzene rings is 1. The Kier molecular flexibility index (Phi) is 4.46. The molecule has 1 atom stereocenters. The van der Waals surface area contributed by atoms with Gasteiger partial charge in [-0.1, -0.05) is 0 Å². The molecule has 0 bridgehead atoms. The van der Waals surface area contributed by atoms with E-state index in [4.69, 9.17) is 0 Å². The van der Waals surface area contributed by atoms with Gasteiger partial charge in [-0.3, -0.25) is 9.48 Å². The fourth-order valence-electron chi connectivity index (χ4n) is 3.50. The highest BCUT2D eigenvalue weighted by atomic mass is 32.2. The Labute approximate surface area is 159 Å². The quantitative estimate of drug-likeness (QED) is 0.850. The van der Waals surface area contributed by atoms with Crippen molar-refractivity contribution in [3.63, 3.8) is 0 Å². The van der Waals surface area contributed by atoms with Gasteiger partial charge in [0.2, 0.25) is 0 Å². The molecule has 0 radical (unpaired) electrons. The second-order valence-corrected chi connectivity index (χ2v) is 9.85. The minimum absolute atomic E-state index is 0.113. The van der Waals surface area contributed by atoms with Crippen molar-refractivity contribution in [2.24, 2.45) is 0 Å². The molecule has 0 spiro atoms. The van der Waals surface area contributed by atoms with Gasteiger partial charge >= 0.3 is 0 Å². The van der Waals surface area contributed by atoms with Crippen molar-refractivity contribution in [1.82, 2.24) is 9.78 Å². The van der Waals surface area contributed by atoms with Crippen LogP contribution in [0.2, 0.25) is 0 Å². The normalized spacial score (nSPS) is 21.2. The molecule has 1 aromatic carbocycles. The molecule has 1 unspecified atom stereocenters. The molecule has 2 fully saturated rings. The molecule has 1 aliphatic carbocycles. The summed E-state index contributed by atoms with van der Waals surface area (Å²) in [6.07, 6.45) is 2.70. The lowest BCUT2D eigenvalue weighted by molar-refractivity contribution is 0.102. The molecule has 1 saturated heterocycles. The second-order valence-electron chi connectivity index (χ2n) is 7.63. The maximum absolute atomic E-state index is 12.7. The fourth-order valence-corrected chi connectivity index (χ4v) is 5.19. The van der Waals surface area contributed by atoms with E-state index < -0.39 is 9.84 Å². The molecular weight excluding hydrogens is 364 g/mol. The molecule has 1 amide bonds. The SMILES string of the molecule is CN(C)c1ccc(NC(=O)c2cc(C3CC3)n(C3CCS(=O)(=O)C3)n2)cc1. The first-order valence-electron chi connectivity index (χ1n) is 9.21. The van der Waals surface area contributed by atoms with Gasteiger partial charge in [-0.15, -0.1) is 0 Å². The Bertz CT molecular complexity index is 959. The molecule has 27 heavy (non-hydrogen) atoms. The van der Waals surface area contributed by atoms with Gasteiger partial charge in [-0.2, -0.15) is 5.10 Å². The summed E-state index contributed by atoms with van der Waals surface area (Å²) >= 11 is 0. The highest BCUT2D eigenvalue weighted by Gasteiger charge is 2.36. The number of hydrogen-bond donors (Lipinski definition) is 1. The van der Waals surface area contributed by atoms with E-state index in [1.54, 1.807) is 4.68 Å². The minimum atomic E-state index is -3.00. The van der Waals surface area contributed by atoms with Crippen molar-refractivity contribution in [2.75, 3.05) is 35.8 Å². The molecule has 1 aromatic heterocycles. The number of hydrogen-bond acceptors (Lipinski definition) is 5. The van der Waals surface area contributed by atoms with Crippen LogP contribution in [-0.2, 0) is 9.84 Å². The average molecular weight is 388 g/mol. The van der Waals surface area contributed by atoms with Crippen LogP contribution in [0.5, 0.6) is 0 Å². The Morgan fingerprint density at radius 2 is 1.89 bits per heavy atom. The number of nitrogens with one attached hydrogen (secondary N) is 1. The minimum Gasteiger partial charge on any atom is -0.378 e. The zero-order chi connectivity index (χ0) is 19.2. The summed E-state index contributed by atoms with van der Waals surface area (Å²) in [5, 5.41) is 7.37. The highest BCUT2D eigenvalue weighted by Crippen LogP contribution is 2.42. The summed E-state index contributed by atoms with van der Waals surface area (Å²) < 4.78 is 25.5. The van der Waals surface area contributed by atoms with E-state index in [-0.39, 0.29) is 23.5 Å². The van der Waals surface area contributed by atoms with Crippen LogP contribution >= 0.6 is 0 Å².